The summed E-state index contributed by atoms with van der Waals surface area (Å²) < 4.78 is 0. The van der Waals surface area contributed by atoms with Gasteiger partial charge in [0, 0.05) is 11.5 Å². The first kappa shape index (κ1) is 57.7. The minimum atomic E-state index is -1.79. The SMILES string of the molecule is CC(C)C[C@H](NC(=O)[C@@H](N)CS)C(=O)N[C@H](C(=O)N[C@H](C(=O)N[C@@H](C)C(=O)N[C@@H](CO)C(=O)N[C@H](C(=O)N[C@@H](CCCCN)C(=O)N[C@@H](CS)C(=O)O)[C@@H](C)O)[C@@H](C)O)[C@@H](C)O. The summed E-state index contributed by atoms with van der Waals surface area (Å²) in [4.78, 5) is 116. The van der Waals surface area contributed by atoms with Crippen molar-refractivity contribution in [3.05, 3.63) is 0 Å². The van der Waals surface area contributed by atoms with Crippen molar-refractivity contribution < 1.29 is 68.7 Å². The molecule has 0 aromatic heterocycles. The van der Waals surface area contributed by atoms with Crippen LogP contribution in [0.5, 0.6) is 0 Å². The second-order valence-corrected chi connectivity index (χ2v) is 15.8. The standard InChI is InChI=1S/C36H66N10O14S2/c1-15(2)11-22(41-29(52)20(38)13-61)31(54)44-27(19(6)50)35(58)46-25(17(4)48)33(56)39-16(3)28(51)42-23(12-47)32(55)45-26(18(5)49)34(57)40-21(9-7-8-10-37)30(53)43-24(14-62)36(59)60/h15-27,47-50,61-62H,7-14,37-38H2,1-6H3,(H,39,56)(H,40,57)(H,41,52)(H,42,51)(H,43,53)(H,44,54)(H,45,55)(H,46,58)(H,59,60)/t16-,17+,18+,19+,20-,21-,22-,23-,24-,25-,26-,27-/m0/s1. The van der Waals surface area contributed by atoms with Crippen molar-refractivity contribution in [1.82, 2.24) is 42.5 Å². The number of unbranched alkanes of at least 4 members (excludes halogenated alkanes) is 1. The van der Waals surface area contributed by atoms with E-state index >= 15 is 0 Å². The van der Waals surface area contributed by atoms with Crippen LogP contribution in [0.4, 0.5) is 0 Å². The number of thiol groups is 2. The third kappa shape index (κ3) is 20.3. The summed E-state index contributed by atoms with van der Waals surface area (Å²) in [7, 11) is 0. The van der Waals surface area contributed by atoms with Crippen molar-refractivity contribution in [1.29, 1.82) is 0 Å². The smallest absolute Gasteiger partial charge is 0.327 e. The molecule has 26 heteroatoms. The van der Waals surface area contributed by atoms with Crippen molar-refractivity contribution in [2.45, 2.75) is 140 Å². The number of carbonyl (C=O) groups is 9. The molecule has 0 aromatic rings. The lowest BCUT2D eigenvalue weighted by Gasteiger charge is -2.29. The predicted octanol–water partition coefficient (Wildman–Crippen LogP) is -6.53. The van der Waals surface area contributed by atoms with Crippen molar-refractivity contribution >= 4 is 78.5 Å². The summed E-state index contributed by atoms with van der Waals surface area (Å²) >= 11 is 7.87. The zero-order valence-electron chi connectivity index (χ0n) is 35.6. The molecule has 12 atom stereocenters. The van der Waals surface area contributed by atoms with E-state index in [-0.39, 0.29) is 36.8 Å². The molecule has 17 N–H and O–H groups in total. The Balaban J connectivity index is 5.90. The lowest BCUT2D eigenvalue weighted by atomic mass is 10.0. The Morgan fingerprint density at radius 3 is 1.34 bits per heavy atom. The average Bonchev–Trinajstić information content (AvgIpc) is 3.19. The Kier molecular flexibility index (Phi) is 27.1. The van der Waals surface area contributed by atoms with Crippen LogP contribution < -0.4 is 54.0 Å². The van der Waals surface area contributed by atoms with Gasteiger partial charge in [0.25, 0.3) is 0 Å². The maximum atomic E-state index is 13.3. The number of carboxylic acids is 1. The third-order valence-electron chi connectivity index (χ3n) is 9.01. The number of nitrogens with one attached hydrogen (secondary N) is 8. The number of amides is 8. The molecule has 0 fully saturated rings. The lowest BCUT2D eigenvalue weighted by molar-refractivity contribution is -0.142. The van der Waals surface area contributed by atoms with Crippen LogP contribution in [0, 0.1) is 5.92 Å². The van der Waals surface area contributed by atoms with Gasteiger partial charge in [-0.25, -0.2) is 4.79 Å². The van der Waals surface area contributed by atoms with Gasteiger partial charge in [-0.05, 0) is 65.8 Å². The molecule has 0 saturated heterocycles. The molecule has 62 heavy (non-hydrogen) atoms. The van der Waals surface area contributed by atoms with Gasteiger partial charge in [0.15, 0.2) is 0 Å². The van der Waals surface area contributed by atoms with E-state index in [0.29, 0.717) is 12.8 Å². The Morgan fingerprint density at radius 1 is 0.516 bits per heavy atom. The molecule has 0 heterocycles. The third-order valence-corrected chi connectivity index (χ3v) is 9.76. The van der Waals surface area contributed by atoms with Gasteiger partial charge in [0.05, 0.1) is 31.0 Å². The van der Waals surface area contributed by atoms with Gasteiger partial charge < -0.3 is 79.5 Å². The summed E-state index contributed by atoms with van der Waals surface area (Å²) in [5.41, 5.74) is 11.2. The topological polar surface area (TPSA) is 403 Å². The van der Waals surface area contributed by atoms with Crippen LogP contribution in [0.25, 0.3) is 0 Å². The van der Waals surface area contributed by atoms with Gasteiger partial charge in [-0.15, -0.1) is 0 Å². The Morgan fingerprint density at radius 2 is 0.919 bits per heavy atom. The van der Waals surface area contributed by atoms with Crippen molar-refractivity contribution in [3.8, 4) is 0 Å². The fourth-order valence-electron chi connectivity index (χ4n) is 5.37. The average molecular weight is 927 g/mol. The van der Waals surface area contributed by atoms with E-state index in [0.717, 1.165) is 27.7 Å². The van der Waals surface area contributed by atoms with E-state index in [2.05, 4.69) is 67.8 Å². The first-order valence-electron chi connectivity index (χ1n) is 19.8. The molecule has 0 aromatic carbocycles. The summed E-state index contributed by atoms with van der Waals surface area (Å²) in [6.45, 7) is 7.28. The van der Waals surface area contributed by atoms with Gasteiger partial charge in [-0.3, -0.25) is 38.4 Å². The van der Waals surface area contributed by atoms with Crippen molar-refractivity contribution in [2.24, 2.45) is 17.4 Å². The zero-order valence-corrected chi connectivity index (χ0v) is 37.4. The first-order chi connectivity index (χ1) is 28.9. The Labute approximate surface area is 370 Å². The Bertz CT molecular complexity index is 1530. The van der Waals surface area contributed by atoms with Crippen LogP contribution in [0.3, 0.4) is 0 Å². The number of rotatable bonds is 29. The van der Waals surface area contributed by atoms with Gasteiger partial charge in [0.2, 0.25) is 47.3 Å². The summed E-state index contributed by atoms with van der Waals surface area (Å²) in [6, 6.07) is -13.5. The molecular formula is C36H66N10O14S2. The van der Waals surface area contributed by atoms with E-state index in [4.69, 9.17) is 11.5 Å². The molecule has 8 amide bonds. The van der Waals surface area contributed by atoms with Gasteiger partial charge in [0.1, 0.15) is 48.3 Å². The van der Waals surface area contributed by atoms with Crippen molar-refractivity contribution in [3.63, 3.8) is 0 Å². The lowest BCUT2D eigenvalue weighted by Crippen LogP contribution is -2.63. The number of carboxylic acid groups (broad SMARTS) is 1. The summed E-state index contributed by atoms with van der Waals surface area (Å²) in [5, 5.41) is 68.6. The Hall–Kier alpha value is -4.31. The monoisotopic (exact) mass is 926 g/mol. The second kappa shape index (κ2) is 29.1. The van der Waals surface area contributed by atoms with E-state index in [1.807, 2.05) is 0 Å². The van der Waals surface area contributed by atoms with Crippen LogP contribution in [0.2, 0.25) is 0 Å². The molecule has 0 saturated carbocycles. The normalized spacial score (nSPS) is 17.1. The molecule has 0 unspecified atom stereocenters. The molecule has 0 rings (SSSR count). The minimum absolute atomic E-state index is 0.00268. The van der Waals surface area contributed by atoms with Crippen LogP contribution in [-0.2, 0) is 43.2 Å². The largest absolute Gasteiger partial charge is 0.480 e. The minimum Gasteiger partial charge on any atom is -0.480 e. The maximum absolute atomic E-state index is 13.3. The number of aliphatic hydroxyl groups is 4. The number of aliphatic hydroxyl groups excluding tert-OH is 4. The number of carbonyl (C=O) groups excluding carboxylic acids is 8. The molecule has 0 aliphatic heterocycles. The molecule has 0 aliphatic rings. The molecule has 0 bridgehead atoms. The molecule has 24 nitrogen and oxygen atoms in total. The highest BCUT2D eigenvalue weighted by molar-refractivity contribution is 7.80. The molecular weight excluding hydrogens is 861 g/mol. The first-order valence-corrected chi connectivity index (χ1v) is 21.1. The van der Waals surface area contributed by atoms with E-state index in [1.54, 1.807) is 13.8 Å². The molecule has 0 aliphatic carbocycles. The molecule has 0 spiro atoms. The summed E-state index contributed by atoms with van der Waals surface area (Å²) in [6.07, 6.45) is -3.91. The van der Waals surface area contributed by atoms with Gasteiger partial charge >= 0.3 is 5.97 Å². The predicted molar refractivity (Wildman–Crippen MR) is 229 cm³/mol. The van der Waals surface area contributed by atoms with E-state index in [1.165, 1.54) is 0 Å². The highest BCUT2D eigenvalue weighted by atomic mass is 32.1. The van der Waals surface area contributed by atoms with Crippen LogP contribution in [-0.4, -0.2) is 176 Å². The fraction of sp³-hybridized carbons (Fsp3) is 0.750. The second-order valence-electron chi connectivity index (χ2n) is 15.1. The number of hydrogen-bond acceptors (Lipinski definition) is 17. The van der Waals surface area contributed by atoms with Crippen LogP contribution in [0.15, 0.2) is 0 Å². The number of nitrogens with two attached hydrogens (primary N) is 2. The van der Waals surface area contributed by atoms with E-state index in [9.17, 15) is 68.7 Å². The fourth-order valence-corrected chi connectivity index (χ4v) is 5.78. The highest BCUT2D eigenvalue weighted by Gasteiger charge is 2.37. The molecule has 0 radical (unpaired) electrons. The van der Waals surface area contributed by atoms with Crippen LogP contribution in [0.1, 0.15) is 67.2 Å². The highest BCUT2D eigenvalue weighted by Crippen LogP contribution is 2.09. The quantitative estimate of drug-likeness (QED) is 0.0245. The number of hydrogen-bond donors (Lipinski definition) is 17. The zero-order chi connectivity index (χ0) is 48.0. The summed E-state index contributed by atoms with van der Waals surface area (Å²) in [5.74, 6) is -9.86. The van der Waals surface area contributed by atoms with Gasteiger partial charge in [-0.2, -0.15) is 25.3 Å². The van der Waals surface area contributed by atoms with Crippen molar-refractivity contribution in [2.75, 3.05) is 24.7 Å². The maximum Gasteiger partial charge on any atom is 0.327 e. The van der Waals surface area contributed by atoms with Gasteiger partial charge in [-0.1, -0.05) is 13.8 Å². The van der Waals surface area contributed by atoms with E-state index < -0.39 is 133 Å². The van der Waals surface area contributed by atoms with Crippen LogP contribution >= 0.6 is 25.3 Å². The molecule has 356 valence electrons. The number of aliphatic carboxylic acids is 1.